The highest BCUT2D eigenvalue weighted by Crippen LogP contribution is 2.23. The Kier molecular flexibility index (Phi) is 3.93. The minimum absolute atomic E-state index is 0.297. The fraction of sp³-hybridized carbons (Fsp3) is 0.0769. The molecule has 3 N–H and O–H groups in total. The Morgan fingerprint density at radius 1 is 1.28 bits per heavy atom. The number of aromatic nitrogens is 1. The molecule has 0 spiro atoms. The Hall–Kier alpha value is -1.46. The van der Waals surface area contributed by atoms with Crippen LogP contribution in [0.2, 0.25) is 0 Å². The molecule has 0 amide bonds. The van der Waals surface area contributed by atoms with E-state index in [-0.39, 0.29) is 0 Å². The van der Waals surface area contributed by atoms with Crippen molar-refractivity contribution in [1.82, 2.24) is 4.98 Å². The third-order valence-electron chi connectivity index (χ3n) is 2.46. The first-order valence-corrected chi connectivity index (χ1v) is 6.55. The van der Waals surface area contributed by atoms with Crippen LogP contribution in [0, 0.1) is 6.92 Å². The molecule has 92 valence electrons. The monoisotopic (exact) mass is 321 g/mol. The quantitative estimate of drug-likeness (QED) is 0.849. The molecule has 1 aromatic heterocycles. The maximum absolute atomic E-state index is 5.55. The van der Waals surface area contributed by atoms with Crippen molar-refractivity contribution in [3.63, 3.8) is 0 Å². The average Bonchev–Trinajstić information content (AvgIpc) is 2.34. The number of hydrogen-bond acceptors (Lipinski definition) is 3. The topological polar surface area (TPSA) is 50.9 Å². The highest BCUT2D eigenvalue weighted by atomic mass is 79.9. The highest BCUT2D eigenvalue weighted by Gasteiger charge is 2.01. The van der Waals surface area contributed by atoms with Crippen LogP contribution in [0.4, 0.5) is 11.4 Å². The van der Waals surface area contributed by atoms with Crippen molar-refractivity contribution in [3.8, 4) is 0 Å². The van der Waals surface area contributed by atoms with E-state index in [2.05, 4.69) is 32.3 Å². The number of hydrogen-bond donors (Lipinski definition) is 2. The molecule has 0 fully saturated rings. The summed E-state index contributed by atoms with van der Waals surface area (Å²) < 4.78 is 1.09. The van der Waals surface area contributed by atoms with Crippen molar-refractivity contribution in [3.05, 3.63) is 52.3 Å². The molecule has 0 aliphatic carbocycles. The van der Waals surface area contributed by atoms with E-state index in [0.29, 0.717) is 10.7 Å². The molecule has 1 aromatic carbocycles. The number of nitrogens with two attached hydrogens (primary N) is 1. The van der Waals surface area contributed by atoms with Gasteiger partial charge in [-0.25, -0.2) is 0 Å². The summed E-state index contributed by atoms with van der Waals surface area (Å²) in [5.74, 6) is 0. The number of aryl methyl sites for hydroxylation is 1. The van der Waals surface area contributed by atoms with E-state index in [0.717, 1.165) is 15.8 Å². The van der Waals surface area contributed by atoms with Gasteiger partial charge in [0.25, 0.3) is 0 Å². The molecule has 0 atom stereocenters. The van der Waals surface area contributed by atoms with Gasteiger partial charge in [0, 0.05) is 22.0 Å². The molecule has 5 heteroatoms. The van der Waals surface area contributed by atoms with Crippen molar-refractivity contribution in [2.45, 2.75) is 6.92 Å². The van der Waals surface area contributed by atoms with E-state index in [1.807, 2.05) is 31.2 Å². The molecule has 2 aromatic rings. The predicted molar refractivity (Wildman–Crippen MR) is 82.3 cm³/mol. The molecular weight excluding hydrogens is 310 g/mol. The summed E-state index contributed by atoms with van der Waals surface area (Å²) in [4.78, 5) is 4.40. The third-order valence-corrected chi connectivity index (χ3v) is 3.56. The first-order chi connectivity index (χ1) is 8.56. The van der Waals surface area contributed by atoms with Crippen molar-refractivity contribution in [1.29, 1.82) is 0 Å². The van der Waals surface area contributed by atoms with Gasteiger partial charge >= 0.3 is 0 Å². The minimum Gasteiger partial charge on any atom is -0.388 e. The molecule has 0 aliphatic rings. The SMILES string of the molecule is Cc1cc(Nc2ccnc(C(N)=S)c2)ccc1Br. The maximum Gasteiger partial charge on any atom is 0.122 e. The van der Waals surface area contributed by atoms with Crippen LogP contribution < -0.4 is 11.1 Å². The number of thiocarbonyl (C=S) groups is 1. The Labute approximate surface area is 120 Å². The molecule has 0 bridgehead atoms. The molecule has 0 saturated heterocycles. The van der Waals surface area contributed by atoms with Crippen molar-refractivity contribution >= 4 is 44.5 Å². The number of benzene rings is 1. The van der Waals surface area contributed by atoms with Gasteiger partial charge in [0.1, 0.15) is 4.99 Å². The maximum atomic E-state index is 5.55. The summed E-state index contributed by atoms with van der Waals surface area (Å²) >= 11 is 8.38. The van der Waals surface area contributed by atoms with Crippen LogP contribution in [-0.4, -0.2) is 9.97 Å². The first kappa shape index (κ1) is 13.0. The largest absolute Gasteiger partial charge is 0.388 e. The number of nitrogens with one attached hydrogen (secondary N) is 1. The number of anilines is 2. The van der Waals surface area contributed by atoms with Gasteiger partial charge < -0.3 is 11.1 Å². The van der Waals surface area contributed by atoms with Gasteiger partial charge in [-0.15, -0.1) is 0 Å². The van der Waals surface area contributed by atoms with Gasteiger partial charge in [0.15, 0.2) is 0 Å². The highest BCUT2D eigenvalue weighted by molar-refractivity contribution is 9.10. The predicted octanol–water partition coefficient (Wildman–Crippen LogP) is 3.53. The van der Waals surface area contributed by atoms with Gasteiger partial charge in [-0.05, 0) is 42.8 Å². The van der Waals surface area contributed by atoms with Crippen LogP contribution in [0.5, 0.6) is 0 Å². The van der Waals surface area contributed by atoms with Gasteiger partial charge in [0.2, 0.25) is 0 Å². The summed E-state index contributed by atoms with van der Waals surface area (Å²) in [6, 6.07) is 9.77. The Morgan fingerprint density at radius 2 is 2.00 bits per heavy atom. The van der Waals surface area contributed by atoms with E-state index in [1.165, 1.54) is 5.56 Å². The fourth-order valence-corrected chi connectivity index (χ4v) is 1.89. The summed E-state index contributed by atoms with van der Waals surface area (Å²) in [7, 11) is 0. The Morgan fingerprint density at radius 3 is 2.67 bits per heavy atom. The van der Waals surface area contributed by atoms with Crippen LogP contribution >= 0.6 is 28.1 Å². The molecular formula is C13H12BrN3S. The smallest absolute Gasteiger partial charge is 0.122 e. The lowest BCUT2D eigenvalue weighted by atomic mass is 10.2. The molecule has 2 rings (SSSR count). The number of rotatable bonds is 3. The normalized spacial score (nSPS) is 10.1. The number of halogens is 1. The molecule has 18 heavy (non-hydrogen) atoms. The van der Waals surface area contributed by atoms with Gasteiger partial charge in [0.05, 0.1) is 5.69 Å². The summed E-state index contributed by atoms with van der Waals surface area (Å²) in [6.45, 7) is 2.04. The van der Waals surface area contributed by atoms with E-state index < -0.39 is 0 Å². The van der Waals surface area contributed by atoms with E-state index in [1.54, 1.807) is 6.20 Å². The number of pyridine rings is 1. The Bertz CT molecular complexity index is 599. The molecule has 0 saturated carbocycles. The van der Waals surface area contributed by atoms with E-state index >= 15 is 0 Å². The Balaban J connectivity index is 2.25. The second kappa shape index (κ2) is 5.46. The van der Waals surface area contributed by atoms with Crippen LogP contribution in [0.15, 0.2) is 41.0 Å². The number of nitrogens with zero attached hydrogens (tertiary/aromatic N) is 1. The minimum atomic E-state index is 0.297. The fourth-order valence-electron chi connectivity index (χ4n) is 1.53. The zero-order chi connectivity index (χ0) is 13.1. The van der Waals surface area contributed by atoms with Crippen molar-refractivity contribution in [2.24, 2.45) is 5.73 Å². The average molecular weight is 322 g/mol. The van der Waals surface area contributed by atoms with Gasteiger partial charge in [-0.1, -0.05) is 28.1 Å². The zero-order valence-electron chi connectivity index (χ0n) is 9.77. The van der Waals surface area contributed by atoms with Crippen LogP contribution in [0.1, 0.15) is 11.3 Å². The standard InChI is InChI=1S/C13H12BrN3S/c1-8-6-9(2-3-11(8)14)17-10-4-5-16-12(7-10)13(15)18/h2-7H,1H3,(H2,15,18)(H,16,17). The lowest BCUT2D eigenvalue weighted by Crippen LogP contribution is -2.11. The molecule has 0 unspecified atom stereocenters. The summed E-state index contributed by atoms with van der Waals surface area (Å²) in [6.07, 6.45) is 1.68. The third kappa shape index (κ3) is 3.05. The second-order valence-electron chi connectivity index (χ2n) is 3.88. The van der Waals surface area contributed by atoms with E-state index in [4.69, 9.17) is 18.0 Å². The van der Waals surface area contributed by atoms with Crippen molar-refractivity contribution < 1.29 is 0 Å². The summed E-state index contributed by atoms with van der Waals surface area (Å²) in [5.41, 5.74) is 9.26. The zero-order valence-corrected chi connectivity index (χ0v) is 12.2. The molecule has 0 radical (unpaired) electrons. The van der Waals surface area contributed by atoms with Gasteiger partial charge in [-0.2, -0.15) is 0 Å². The molecule has 0 aliphatic heterocycles. The lowest BCUT2D eigenvalue weighted by Gasteiger charge is -2.09. The van der Waals surface area contributed by atoms with Crippen LogP contribution in [-0.2, 0) is 0 Å². The first-order valence-electron chi connectivity index (χ1n) is 5.35. The van der Waals surface area contributed by atoms with E-state index in [9.17, 15) is 0 Å². The lowest BCUT2D eigenvalue weighted by molar-refractivity contribution is 1.29. The van der Waals surface area contributed by atoms with Crippen molar-refractivity contribution in [2.75, 3.05) is 5.32 Å². The molecule has 1 heterocycles. The van der Waals surface area contributed by atoms with Crippen LogP contribution in [0.25, 0.3) is 0 Å². The molecule has 3 nitrogen and oxygen atoms in total. The van der Waals surface area contributed by atoms with Crippen LogP contribution in [0.3, 0.4) is 0 Å². The summed E-state index contributed by atoms with van der Waals surface area (Å²) in [5, 5.41) is 3.29. The second-order valence-corrected chi connectivity index (χ2v) is 5.18. The van der Waals surface area contributed by atoms with Gasteiger partial charge in [-0.3, -0.25) is 4.98 Å².